The second-order valence-corrected chi connectivity index (χ2v) is 4.06. The lowest BCUT2D eigenvalue weighted by Gasteiger charge is -2.04. The molecule has 0 atom stereocenters. The van der Waals surface area contributed by atoms with Gasteiger partial charge in [-0.1, -0.05) is 36.8 Å². The number of unbranched alkanes of at least 4 members (excludes halogenated alkanes) is 2. The summed E-state index contributed by atoms with van der Waals surface area (Å²) in [7, 11) is 0. The molecule has 0 aromatic heterocycles. The van der Waals surface area contributed by atoms with Crippen LogP contribution in [0.3, 0.4) is 0 Å². The number of carbonyl (C=O) groups is 1. The van der Waals surface area contributed by atoms with Gasteiger partial charge in [0.1, 0.15) is 0 Å². The number of hydrogen-bond acceptors (Lipinski definition) is 3. The molecule has 1 aromatic rings. The highest BCUT2D eigenvalue weighted by Crippen LogP contribution is 2.03. The van der Waals surface area contributed by atoms with E-state index in [0.717, 1.165) is 25.7 Å². The van der Waals surface area contributed by atoms with Gasteiger partial charge in [0, 0.05) is 12.8 Å². The molecule has 0 saturated carbocycles. The summed E-state index contributed by atoms with van der Waals surface area (Å²) in [6.45, 7) is 1.17. The third kappa shape index (κ3) is 8.09. The van der Waals surface area contributed by atoms with Crippen molar-refractivity contribution in [2.45, 2.75) is 32.1 Å². The van der Waals surface area contributed by atoms with E-state index in [-0.39, 0.29) is 18.4 Å². The predicted octanol–water partition coefficient (Wildman–Crippen LogP) is 2.71. The second-order valence-electron chi connectivity index (χ2n) is 4.06. The minimum absolute atomic E-state index is 0. The molecule has 18 heavy (non-hydrogen) atoms. The fourth-order valence-electron chi connectivity index (χ4n) is 1.59. The molecule has 0 aliphatic rings. The summed E-state index contributed by atoms with van der Waals surface area (Å²) in [6, 6.07) is 10.0. The molecule has 3 nitrogen and oxygen atoms in total. The smallest absolute Gasteiger partial charge is 0.305 e. The van der Waals surface area contributed by atoms with E-state index in [1.165, 1.54) is 5.56 Å². The summed E-state index contributed by atoms with van der Waals surface area (Å²) in [5.74, 6) is -0.0991. The lowest BCUT2D eigenvalue weighted by atomic mass is 10.2. The summed E-state index contributed by atoms with van der Waals surface area (Å²) in [5.41, 5.74) is 6.57. The molecule has 0 aliphatic carbocycles. The van der Waals surface area contributed by atoms with Crippen LogP contribution in [-0.4, -0.2) is 19.1 Å². The normalized spacial score (nSPS) is 9.61. The molecule has 0 unspecified atom stereocenters. The lowest BCUT2D eigenvalue weighted by molar-refractivity contribution is -0.143. The molecule has 1 rings (SSSR count). The maximum Gasteiger partial charge on any atom is 0.305 e. The summed E-state index contributed by atoms with van der Waals surface area (Å²) in [5, 5.41) is 0. The zero-order valence-electron chi connectivity index (χ0n) is 10.6. The van der Waals surface area contributed by atoms with E-state index >= 15 is 0 Å². The molecule has 0 fully saturated rings. The Morgan fingerprint density at radius 2 is 1.83 bits per heavy atom. The van der Waals surface area contributed by atoms with Crippen molar-refractivity contribution in [3.05, 3.63) is 35.9 Å². The average molecular weight is 272 g/mol. The highest BCUT2D eigenvalue weighted by molar-refractivity contribution is 5.85. The summed E-state index contributed by atoms with van der Waals surface area (Å²) < 4.78 is 5.16. The number of esters is 1. The standard InChI is InChI=1S/C14H21NO2.ClH/c15-11-6-2-5-9-14(16)17-12-10-13-7-3-1-4-8-13;/h1,3-4,7-8H,2,5-6,9-12,15H2;1H. The van der Waals surface area contributed by atoms with Crippen LogP contribution in [0, 0.1) is 0 Å². The lowest BCUT2D eigenvalue weighted by Crippen LogP contribution is -2.08. The highest BCUT2D eigenvalue weighted by Gasteiger charge is 2.02. The van der Waals surface area contributed by atoms with Crippen molar-refractivity contribution in [2.75, 3.05) is 13.2 Å². The van der Waals surface area contributed by atoms with Crippen molar-refractivity contribution < 1.29 is 9.53 Å². The molecule has 2 N–H and O–H groups in total. The van der Waals surface area contributed by atoms with Gasteiger partial charge in [-0.3, -0.25) is 4.79 Å². The Kier molecular flexibility index (Phi) is 10.4. The van der Waals surface area contributed by atoms with Crippen LogP contribution in [0.5, 0.6) is 0 Å². The predicted molar refractivity (Wildman–Crippen MR) is 75.9 cm³/mol. The van der Waals surface area contributed by atoms with Crippen molar-refractivity contribution in [3.8, 4) is 0 Å². The van der Waals surface area contributed by atoms with Crippen molar-refractivity contribution in [3.63, 3.8) is 0 Å². The van der Waals surface area contributed by atoms with Crippen molar-refractivity contribution in [1.29, 1.82) is 0 Å². The maximum absolute atomic E-state index is 11.3. The fraction of sp³-hybridized carbons (Fsp3) is 0.500. The van der Waals surface area contributed by atoms with Crippen LogP contribution in [0.2, 0.25) is 0 Å². The van der Waals surface area contributed by atoms with E-state index < -0.39 is 0 Å². The molecule has 0 radical (unpaired) electrons. The molecular formula is C14H22ClNO2. The topological polar surface area (TPSA) is 52.3 Å². The Morgan fingerprint density at radius 3 is 2.50 bits per heavy atom. The van der Waals surface area contributed by atoms with E-state index in [1.807, 2.05) is 30.3 Å². The maximum atomic E-state index is 11.3. The van der Waals surface area contributed by atoms with Gasteiger partial charge in [-0.05, 0) is 24.9 Å². The van der Waals surface area contributed by atoms with Gasteiger partial charge in [0.2, 0.25) is 0 Å². The Bertz CT molecular complexity index is 317. The van der Waals surface area contributed by atoms with E-state index in [9.17, 15) is 4.79 Å². The zero-order chi connectivity index (χ0) is 12.3. The summed E-state index contributed by atoms with van der Waals surface area (Å²) in [4.78, 5) is 11.3. The molecule has 0 bridgehead atoms. The molecule has 0 aliphatic heterocycles. The molecule has 0 amide bonds. The first kappa shape index (κ1) is 16.9. The number of benzene rings is 1. The Labute approximate surface area is 115 Å². The van der Waals surface area contributed by atoms with Crippen LogP contribution >= 0.6 is 12.4 Å². The van der Waals surface area contributed by atoms with Crippen LogP contribution < -0.4 is 5.73 Å². The Balaban J connectivity index is 0.00000289. The van der Waals surface area contributed by atoms with Crippen molar-refractivity contribution >= 4 is 18.4 Å². The third-order valence-electron chi connectivity index (χ3n) is 2.58. The van der Waals surface area contributed by atoms with Gasteiger partial charge in [-0.2, -0.15) is 0 Å². The number of rotatable bonds is 8. The first-order valence-corrected chi connectivity index (χ1v) is 6.22. The van der Waals surface area contributed by atoms with Gasteiger partial charge in [0.05, 0.1) is 6.61 Å². The monoisotopic (exact) mass is 271 g/mol. The number of nitrogens with two attached hydrogens (primary N) is 1. The van der Waals surface area contributed by atoms with E-state index in [1.54, 1.807) is 0 Å². The molecular weight excluding hydrogens is 250 g/mol. The van der Waals surface area contributed by atoms with Gasteiger partial charge >= 0.3 is 5.97 Å². The summed E-state index contributed by atoms with van der Waals surface area (Å²) in [6.07, 6.45) is 4.16. The van der Waals surface area contributed by atoms with Crippen LogP contribution in [0.15, 0.2) is 30.3 Å². The molecule has 0 saturated heterocycles. The number of halogens is 1. The van der Waals surface area contributed by atoms with E-state index in [2.05, 4.69) is 0 Å². The summed E-state index contributed by atoms with van der Waals surface area (Å²) >= 11 is 0. The number of hydrogen-bond donors (Lipinski definition) is 1. The highest BCUT2D eigenvalue weighted by atomic mass is 35.5. The van der Waals surface area contributed by atoms with Crippen molar-refractivity contribution in [1.82, 2.24) is 0 Å². The van der Waals surface area contributed by atoms with E-state index in [0.29, 0.717) is 19.6 Å². The third-order valence-corrected chi connectivity index (χ3v) is 2.58. The Morgan fingerprint density at radius 1 is 1.11 bits per heavy atom. The van der Waals surface area contributed by atoms with Gasteiger partial charge in [0.25, 0.3) is 0 Å². The van der Waals surface area contributed by atoms with Crippen LogP contribution in [0.1, 0.15) is 31.2 Å². The van der Waals surface area contributed by atoms with Gasteiger partial charge in [-0.25, -0.2) is 0 Å². The first-order chi connectivity index (χ1) is 8.33. The molecule has 0 spiro atoms. The fourth-order valence-corrected chi connectivity index (χ4v) is 1.59. The minimum Gasteiger partial charge on any atom is -0.465 e. The van der Waals surface area contributed by atoms with Crippen LogP contribution in [0.4, 0.5) is 0 Å². The largest absolute Gasteiger partial charge is 0.465 e. The van der Waals surface area contributed by atoms with Gasteiger partial charge in [0.15, 0.2) is 0 Å². The van der Waals surface area contributed by atoms with Gasteiger partial charge < -0.3 is 10.5 Å². The van der Waals surface area contributed by atoms with Gasteiger partial charge in [-0.15, -0.1) is 12.4 Å². The Hall–Kier alpha value is -1.06. The number of ether oxygens (including phenoxy) is 1. The molecule has 0 heterocycles. The molecule has 4 heteroatoms. The quantitative estimate of drug-likeness (QED) is 0.584. The molecule has 102 valence electrons. The van der Waals surface area contributed by atoms with Crippen LogP contribution in [0.25, 0.3) is 0 Å². The van der Waals surface area contributed by atoms with E-state index in [4.69, 9.17) is 10.5 Å². The second kappa shape index (κ2) is 11.1. The average Bonchev–Trinajstić information content (AvgIpc) is 2.36. The molecule has 1 aromatic carbocycles. The van der Waals surface area contributed by atoms with Crippen molar-refractivity contribution in [2.24, 2.45) is 5.73 Å². The van der Waals surface area contributed by atoms with Crippen LogP contribution in [-0.2, 0) is 16.0 Å². The zero-order valence-corrected chi connectivity index (χ0v) is 11.5. The SMILES string of the molecule is Cl.NCCCCCC(=O)OCCc1ccccc1. The first-order valence-electron chi connectivity index (χ1n) is 6.22. The number of carbonyl (C=O) groups excluding carboxylic acids is 1. The minimum atomic E-state index is -0.0991.